The van der Waals surface area contributed by atoms with Crippen molar-refractivity contribution in [1.82, 2.24) is 19.7 Å². The molecule has 2 saturated heterocycles. The summed E-state index contributed by atoms with van der Waals surface area (Å²) < 4.78 is 21.3. The number of rotatable bonds is 4. The molecule has 2 aromatic rings. The number of anilines is 1. The van der Waals surface area contributed by atoms with E-state index in [0.29, 0.717) is 32.0 Å². The lowest BCUT2D eigenvalue weighted by Gasteiger charge is -2.41. The molecule has 2 amide bonds. The third-order valence-corrected chi connectivity index (χ3v) is 8.44. The molecule has 0 aliphatic carbocycles. The Morgan fingerprint density at radius 1 is 1.26 bits per heavy atom. The van der Waals surface area contributed by atoms with Gasteiger partial charge in [0.05, 0.1) is 17.3 Å². The van der Waals surface area contributed by atoms with E-state index in [9.17, 15) is 14.0 Å². The summed E-state index contributed by atoms with van der Waals surface area (Å²) in [7, 11) is 4.08. The molecule has 8 nitrogen and oxygen atoms in total. The Bertz CT molecular complexity index is 1300. The molecule has 10 heteroatoms. The second-order valence-electron chi connectivity index (χ2n) is 10.8. The number of carbonyl (C=O) groups excluding carboxylic acids is 2. The highest BCUT2D eigenvalue weighted by Crippen LogP contribution is 2.47. The molecule has 3 aliphatic heterocycles. The van der Waals surface area contributed by atoms with Crippen LogP contribution in [0, 0.1) is 5.82 Å². The average molecular weight is 542 g/mol. The minimum Gasteiger partial charge on any atom is -0.489 e. The molecular formula is C28H33ClFN5O3. The van der Waals surface area contributed by atoms with Crippen molar-refractivity contribution in [1.29, 1.82) is 0 Å². The Labute approximate surface area is 227 Å². The Morgan fingerprint density at radius 3 is 2.66 bits per heavy atom. The van der Waals surface area contributed by atoms with Crippen molar-refractivity contribution in [2.45, 2.75) is 37.9 Å². The number of likely N-dealkylation sites (N-methyl/N-ethyl adjacent to an activating group) is 1. The second-order valence-corrected chi connectivity index (χ2v) is 11.2. The van der Waals surface area contributed by atoms with Gasteiger partial charge in [-0.1, -0.05) is 30.3 Å². The first kappa shape index (κ1) is 26.4. The van der Waals surface area contributed by atoms with Gasteiger partial charge in [0.25, 0.3) is 5.91 Å². The highest BCUT2D eigenvalue weighted by molar-refractivity contribution is 6.35. The quantitative estimate of drug-likeness (QED) is 0.550. The van der Waals surface area contributed by atoms with Crippen LogP contribution in [0.3, 0.4) is 0 Å². The molecule has 0 saturated carbocycles. The number of hydrogen-bond donors (Lipinski definition) is 0. The number of benzene rings is 1. The van der Waals surface area contributed by atoms with Crippen LogP contribution >= 0.6 is 11.6 Å². The summed E-state index contributed by atoms with van der Waals surface area (Å²) in [5.74, 6) is -0.251. The van der Waals surface area contributed by atoms with E-state index in [1.807, 2.05) is 14.1 Å². The Hall–Kier alpha value is -3.17. The first-order chi connectivity index (χ1) is 18.1. The summed E-state index contributed by atoms with van der Waals surface area (Å²) >= 11 is 6.87. The number of piperazine rings is 1. The number of nitrogens with zero attached hydrogens (tertiary/aromatic N) is 5. The van der Waals surface area contributed by atoms with Crippen LogP contribution in [0.4, 0.5) is 10.2 Å². The van der Waals surface area contributed by atoms with Gasteiger partial charge >= 0.3 is 0 Å². The van der Waals surface area contributed by atoms with Crippen LogP contribution in [0.5, 0.6) is 5.75 Å². The zero-order valence-electron chi connectivity index (χ0n) is 22.2. The lowest BCUT2D eigenvalue weighted by atomic mass is 9.94. The molecule has 1 aromatic heterocycles. The van der Waals surface area contributed by atoms with Crippen LogP contribution in [0.1, 0.15) is 30.6 Å². The van der Waals surface area contributed by atoms with Crippen LogP contribution in [-0.2, 0) is 4.79 Å². The van der Waals surface area contributed by atoms with E-state index in [1.54, 1.807) is 28.0 Å². The smallest absolute Gasteiger partial charge is 0.261 e. The second kappa shape index (κ2) is 9.85. The van der Waals surface area contributed by atoms with Gasteiger partial charge in [-0.25, -0.2) is 9.37 Å². The molecule has 3 aliphatic rings. The van der Waals surface area contributed by atoms with E-state index in [4.69, 9.17) is 21.3 Å². The first-order valence-electron chi connectivity index (χ1n) is 12.8. The van der Waals surface area contributed by atoms with Gasteiger partial charge in [-0.15, -0.1) is 0 Å². The summed E-state index contributed by atoms with van der Waals surface area (Å²) in [6.07, 6.45) is 2.15. The Kier molecular flexibility index (Phi) is 6.86. The highest BCUT2D eigenvalue weighted by atomic mass is 35.5. The molecule has 0 N–H and O–H groups in total. The third kappa shape index (κ3) is 4.22. The molecule has 2 fully saturated rings. The fourth-order valence-electron chi connectivity index (χ4n) is 6.14. The van der Waals surface area contributed by atoms with Gasteiger partial charge in [0.1, 0.15) is 28.8 Å². The van der Waals surface area contributed by atoms with Crippen LogP contribution in [0.2, 0.25) is 5.02 Å². The molecule has 5 rings (SSSR count). The normalized spacial score (nSPS) is 22.6. The standard InChI is InChI=1S/C28H33ClFN5O3/c1-6-21(36)33-13-14-34-17(15-33)16-38-25-22(27(34)37)26(35-12-11-20(32(4)5)28(35,2)3)31-24(23(25)29)18-9-7-8-10-19(18)30/h6-10,17,20H,1,11-16H2,2-5H3/t17-,20?/m1/s1. The van der Waals surface area contributed by atoms with Crippen molar-refractivity contribution in [2.24, 2.45) is 0 Å². The Morgan fingerprint density at radius 2 is 2.00 bits per heavy atom. The van der Waals surface area contributed by atoms with Crippen molar-refractivity contribution < 1.29 is 18.7 Å². The predicted molar refractivity (Wildman–Crippen MR) is 145 cm³/mol. The molecule has 1 unspecified atom stereocenters. The summed E-state index contributed by atoms with van der Waals surface area (Å²) in [6.45, 7) is 9.70. The SMILES string of the molecule is C=CC(=O)N1CCN2C(=O)c3c(N4CCC(N(C)C)C4(C)C)nc(-c4ccccc4F)c(Cl)c3OC[C@H]2C1. The van der Waals surface area contributed by atoms with Crippen LogP contribution in [0.15, 0.2) is 36.9 Å². The number of hydrogen-bond acceptors (Lipinski definition) is 6. The number of aromatic nitrogens is 1. The topological polar surface area (TPSA) is 69.2 Å². The van der Waals surface area contributed by atoms with E-state index in [-0.39, 0.29) is 63.6 Å². The van der Waals surface area contributed by atoms with Gasteiger partial charge in [-0.3, -0.25) is 9.59 Å². The maximum absolute atomic E-state index is 15.0. The van der Waals surface area contributed by atoms with Gasteiger partial charge in [-0.2, -0.15) is 0 Å². The zero-order valence-corrected chi connectivity index (χ0v) is 23.0. The van der Waals surface area contributed by atoms with E-state index in [0.717, 1.165) is 6.42 Å². The monoisotopic (exact) mass is 541 g/mol. The third-order valence-electron chi connectivity index (χ3n) is 8.08. The molecular weight excluding hydrogens is 509 g/mol. The Balaban J connectivity index is 1.68. The van der Waals surface area contributed by atoms with E-state index < -0.39 is 5.82 Å². The lowest BCUT2D eigenvalue weighted by Crippen LogP contribution is -2.57. The van der Waals surface area contributed by atoms with Crippen molar-refractivity contribution in [3.8, 4) is 17.0 Å². The van der Waals surface area contributed by atoms with Gasteiger partial charge in [0.15, 0.2) is 5.75 Å². The molecule has 0 spiro atoms. The minimum absolute atomic E-state index is 0.0993. The minimum atomic E-state index is -0.462. The fraction of sp³-hybridized carbons (Fsp3) is 0.464. The summed E-state index contributed by atoms with van der Waals surface area (Å²) in [5, 5.41) is 0.0993. The molecule has 2 atom stereocenters. The molecule has 1 aromatic carbocycles. The van der Waals surface area contributed by atoms with Crippen LogP contribution < -0.4 is 9.64 Å². The first-order valence-corrected chi connectivity index (χ1v) is 13.2. The van der Waals surface area contributed by atoms with Crippen molar-refractivity contribution in [3.63, 3.8) is 0 Å². The summed E-state index contributed by atoms with van der Waals surface area (Å²) in [6, 6.07) is 6.15. The molecule has 0 bridgehead atoms. The average Bonchev–Trinajstić information content (AvgIpc) is 3.13. The maximum atomic E-state index is 15.0. The maximum Gasteiger partial charge on any atom is 0.261 e. The van der Waals surface area contributed by atoms with Gasteiger partial charge in [0, 0.05) is 37.8 Å². The number of halogens is 2. The fourth-order valence-corrected chi connectivity index (χ4v) is 6.44. The predicted octanol–water partition coefficient (Wildman–Crippen LogP) is 3.69. The molecule has 38 heavy (non-hydrogen) atoms. The highest BCUT2D eigenvalue weighted by Gasteiger charge is 2.47. The zero-order chi connectivity index (χ0) is 27.4. The van der Waals surface area contributed by atoms with E-state index >= 15 is 0 Å². The van der Waals surface area contributed by atoms with Crippen molar-refractivity contribution >= 4 is 29.2 Å². The number of pyridine rings is 1. The van der Waals surface area contributed by atoms with Crippen LogP contribution in [0.25, 0.3) is 11.3 Å². The van der Waals surface area contributed by atoms with Crippen molar-refractivity contribution in [2.75, 3.05) is 51.8 Å². The van der Waals surface area contributed by atoms with Crippen molar-refractivity contribution in [3.05, 3.63) is 53.3 Å². The molecule has 4 heterocycles. The van der Waals surface area contributed by atoms with E-state index in [1.165, 1.54) is 12.1 Å². The number of fused-ring (bicyclic) bond motifs is 2. The largest absolute Gasteiger partial charge is 0.489 e. The van der Waals surface area contributed by atoms with Gasteiger partial charge in [0.2, 0.25) is 5.91 Å². The lowest BCUT2D eigenvalue weighted by molar-refractivity contribution is -0.128. The van der Waals surface area contributed by atoms with Gasteiger partial charge in [-0.05, 0) is 52.6 Å². The number of ether oxygens (including phenoxy) is 1. The molecule has 202 valence electrons. The van der Waals surface area contributed by atoms with Gasteiger partial charge < -0.3 is 24.3 Å². The van der Waals surface area contributed by atoms with Crippen LogP contribution in [-0.4, -0.2) is 96.0 Å². The van der Waals surface area contributed by atoms with E-state index in [2.05, 4.69) is 30.2 Å². The molecule has 0 radical (unpaired) electrons. The number of amides is 2. The summed E-state index contributed by atoms with van der Waals surface area (Å²) in [4.78, 5) is 39.1. The number of carbonyl (C=O) groups is 2. The summed E-state index contributed by atoms with van der Waals surface area (Å²) in [5.41, 5.74) is 0.377.